The molecule has 4 N–H and O–H groups in total. The van der Waals surface area contributed by atoms with Gasteiger partial charge in [-0.05, 0) is 22.4 Å². The first kappa shape index (κ1) is 12.5. The van der Waals surface area contributed by atoms with Gasteiger partial charge >= 0.3 is 0 Å². The highest BCUT2D eigenvalue weighted by Crippen LogP contribution is 2.20. The molecule has 4 nitrogen and oxygen atoms in total. The van der Waals surface area contributed by atoms with E-state index >= 15 is 0 Å². The highest BCUT2D eigenvalue weighted by Gasteiger charge is 2.11. The summed E-state index contributed by atoms with van der Waals surface area (Å²) < 4.78 is 0. The molecule has 2 rings (SSSR count). The van der Waals surface area contributed by atoms with Crippen LogP contribution in [0.4, 0.5) is 0 Å². The molecule has 94 valence electrons. The normalized spacial score (nSPS) is 12.3. The van der Waals surface area contributed by atoms with Crippen molar-refractivity contribution in [3.63, 3.8) is 0 Å². The molecular weight excluding hydrogens is 226 g/mol. The van der Waals surface area contributed by atoms with Crippen LogP contribution in [0.25, 0.3) is 10.8 Å². The van der Waals surface area contributed by atoms with E-state index in [1.807, 2.05) is 36.4 Å². The largest absolute Gasteiger partial charge is 0.324 e. The summed E-state index contributed by atoms with van der Waals surface area (Å²) in [6.07, 6.45) is 0.263. The molecule has 1 amide bonds. The molecule has 0 aliphatic carbocycles. The Labute approximate surface area is 106 Å². The van der Waals surface area contributed by atoms with Gasteiger partial charge in [0.05, 0.1) is 0 Å². The van der Waals surface area contributed by atoms with Crippen LogP contribution in [0.2, 0.25) is 0 Å². The van der Waals surface area contributed by atoms with Gasteiger partial charge in [-0.2, -0.15) is 0 Å². The smallest absolute Gasteiger partial charge is 0.235 e. The summed E-state index contributed by atoms with van der Waals surface area (Å²) in [7, 11) is 1.65. The summed E-state index contributed by atoms with van der Waals surface area (Å²) >= 11 is 0. The van der Waals surface area contributed by atoms with Crippen molar-refractivity contribution in [3.05, 3.63) is 48.0 Å². The second-order valence-corrected chi connectivity index (χ2v) is 4.22. The van der Waals surface area contributed by atoms with Gasteiger partial charge < -0.3 is 5.73 Å². The van der Waals surface area contributed by atoms with Crippen LogP contribution < -0.4 is 16.6 Å². The van der Waals surface area contributed by atoms with Crippen molar-refractivity contribution in [2.75, 3.05) is 7.05 Å². The maximum Gasteiger partial charge on any atom is 0.235 e. The van der Waals surface area contributed by atoms with E-state index in [1.165, 1.54) is 5.39 Å². The lowest BCUT2D eigenvalue weighted by molar-refractivity contribution is -0.122. The zero-order valence-corrected chi connectivity index (χ0v) is 10.3. The molecule has 2 aromatic carbocycles. The highest BCUT2D eigenvalue weighted by molar-refractivity contribution is 5.83. The molecule has 0 heterocycles. The lowest BCUT2D eigenvalue weighted by Crippen LogP contribution is -2.36. The van der Waals surface area contributed by atoms with Gasteiger partial charge in [0, 0.05) is 19.5 Å². The molecule has 0 saturated heterocycles. The molecular formula is C14H17N3O. The van der Waals surface area contributed by atoms with E-state index in [0.717, 1.165) is 10.9 Å². The fourth-order valence-electron chi connectivity index (χ4n) is 1.95. The summed E-state index contributed by atoms with van der Waals surface area (Å²) in [6.45, 7) is 0. The van der Waals surface area contributed by atoms with Gasteiger partial charge in [0.25, 0.3) is 0 Å². The summed E-state index contributed by atoms with van der Waals surface area (Å²) in [4.78, 5) is 11.4. The molecule has 2 aromatic rings. The number of carbonyl (C=O) groups excluding carboxylic acids is 1. The van der Waals surface area contributed by atoms with E-state index in [4.69, 9.17) is 5.73 Å². The van der Waals surface area contributed by atoms with E-state index < -0.39 is 0 Å². The van der Waals surface area contributed by atoms with Crippen LogP contribution in [0.1, 0.15) is 18.0 Å². The monoisotopic (exact) mass is 243 g/mol. The molecule has 0 aromatic heterocycles. The lowest BCUT2D eigenvalue weighted by Gasteiger charge is -2.12. The maximum atomic E-state index is 11.4. The minimum Gasteiger partial charge on any atom is -0.324 e. The average Bonchev–Trinajstić information content (AvgIpc) is 2.38. The Bertz CT molecular complexity index is 553. The van der Waals surface area contributed by atoms with E-state index in [0.29, 0.717) is 0 Å². The third kappa shape index (κ3) is 2.85. The molecule has 0 fully saturated rings. The lowest BCUT2D eigenvalue weighted by atomic mass is 10.0. The number of hydrogen-bond donors (Lipinski definition) is 3. The first-order chi connectivity index (χ1) is 8.70. The number of hydrazine groups is 1. The third-order valence-corrected chi connectivity index (χ3v) is 2.87. The van der Waals surface area contributed by atoms with Crippen LogP contribution in [0.3, 0.4) is 0 Å². The predicted octanol–water partition coefficient (Wildman–Crippen LogP) is 1.48. The third-order valence-electron chi connectivity index (χ3n) is 2.87. The van der Waals surface area contributed by atoms with E-state index in [1.54, 1.807) is 7.05 Å². The molecule has 0 aliphatic heterocycles. The summed E-state index contributed by atoms with van der Waals surface area (Å²) in [6, 6.07) is 13.8. The average molecular weight is 243 g/mol. The second-order valence-electron chi connectivity index (χ2n) is 4.22. The predicted molar refractivity (Wildman–Crippen MR) is 72.7 cm³/mol. The van der Waals surface area contributed by atoms with Crippen LogP contribution in [-0.4, -0.2) is 13.0 Å². The Morgan fingerprint density at radius 2 is 1.94 bits per heavy atom. The molecule has 0 spiro atoms. The molecule has 0 radical (unpaired) electrons. The Morgan fingerprint density at radius 1 is 1.22 bits per heavy atom. The van der Waals surface area contributed by atoms with Gasteiger partial charge in [-0.15, -0.1) is 0 Å². The van der Waals surface area contributed by atoms with Gasteiger partial charge in [0.1, 0.15) is 0 Å². The van der Waals surface area contributed by atoms with Crippen LogP contribution in [0.15, 0.2) is 42.5 Å². The van der Waals surface area contributed by atoms with Crippen LogP contribution in [0, 0.1) is 0 Å². The maximum absolute atomic E-state index is 11.4. The first-order valence-corrected chi connectivity index (χ1v) is 5.90. The van der Waals surface area contributed by atoms with Crippen molar-refractivity contribution in [1.82, 2.24) is 10.9 Å². The molecule has 18 heavy (non-hydrogen) atoms. The van der Waals surface area contributed by atoms with Crippen LogP contribution in [0.5, 0.6) is 0 Å². The van der Waals surface area contributed by atoms with E-state index in [9.17, 15) is 4.79 Å². The van der Waals surface area contributed by atoms with Crippen LogP contribution in [-0.2, 0) is 4.79 Å². The molecule has 4 heteroatoms. The van der Waals surface area contributed by atoms with Gasteiger partial charge in [-0.1, -0.05) is 36.4 Å². The molecule has 0 saturated carbocycles. The minimum absolute atomic E-state index is 0.113. The molecule has 0 bridgehead atoms. The number of rotatable bonds is 4. The summed E-state index contributed by atoms with van der Waals surface area (Å²) in [5.41, 5.74) is 12.1. The van der Waals surface area contributed by atoms with Crippen molar-refractivity contribution < 1.29 is 4.79 Å². The summed E-state index contributed by atoms with van der Waals surface area (Å²) in [5.74, 6) is -0.113. The van der Waals surface area contributed by atoms with Crippen LogP contribution >= 0.6 is 0 Å². The molecule has 0 aliphatic rings. The van der Waals surface area contributed by atoms with Crippen molar-refractivity contribution in [3.8, 4) is 0 Å². The zero-order valence-electron chi connectivity index (χ0n) is 10.3. The number of hydrogen-bond acceptors (Lipinski definition) is 3. The molecule has 1 unspecified atom stereocenters. The summed E-state index contributed by atoms with van der Waals surface area (Å²) in [5, 5.41) is 2.31. The van der Waals surface area contributed by atoms with Gasteiger partial charge in [0.2, 0.25) is 5.91 Å². The number of nitrogens with two attached hydrogens (primary N) is 1. The Morgan fingerprint density at radius 3 is 2.67 bits per heavy atom. The standard InChI is InChI=1S/C14H17N3O/c1-16-17-14(18)9-13(15)12-7-6-10-4-2-3-5-11(10)8-12/h2-8,13,16H,9,15H2,1H3,(H,17,18). The number of nitrogens with one attached hydrogen (secondary N) is 2. The fraction of sp³-hybridized carbons (Fsp3) is 0.214. The number of fused-ring (bicyclic) bond motifs is 1. The van der Waals surface area contributed by atoms with Gasteiger partial charge in [-0.3, -0.25) is 10.2 Å². The van der Waals surface area contributed by atoms with E-state index in [2.05, 4.69) is 16.9 Å². The molecule has 1 atom stereocenters. The van der Waals surface area contributed by atoms with E-state index in [-0.39, 0.29) is 18.4 Å². The SMILES string of the molecule is CNNC(=O)CC(N)c1ccc2ccccc2c1. The second kappa shape index (κ2) is 5.62. The number of amides is 1. The Hall–Kier alpha value is -1.91. The van der Waals surface area contributed by atoms with Crippen molar-refractivity contribution in [2.24, 2.45) is 5.73 Å². The van der Waals surface area contributed by atoms with Gasteiger partial charge in [-0.25, -0.2) is 5.43 Å². The Kier molecular flexibility index (Phi) is 3.92. The highest BCUT2D eigenvalue weighted by atomic mass is 16.2. The Balaban J connectivity index is 2.17. The topological polar surface area (TPSA) is 67.1 Å². The number of carbonyl (C=O) groups is 1. The van der Waals surface area contributed by atoms with Crippen molar-refractivity contribution in [1.29, 1.82) is 0 Å². The quantitative estimate of drug-likeness (QED) is 0.712. The van der Waals surface area contributed by atoms with Gasteiger partial charge in [0.15, 0.2) is 0 Å². The zero-order chi connectivity index (χ0) is 13.0. The fourth-order valence-corrected chi connectivity index (χ4v) is 1.95. The number of benzene rings is 2. The van der Waals surface area contributed by atoms with Crippen molar-refractivity contribution >= 4 is 16.7 Å². The first-order valence-electron chi connectivity index (χ1n) is 5.90. The minimum atomic E-state index is -0.289. The van der Waals surface area contributed by atoms with Crippen molar-refractivity contribution in [2.45, 2.75) is 12.5 Å².